The van der Waals surface area contributed by atoms with Crippen LogP contribution in [0.25, 0.3) is 0 Å². The van der Waals surface area contributed by atoms with Crippen LogP contribution in [0.4, 0.5) is 0 Å². The van der Waals surface area contributed by atoms with Gasteiger partial charge in [0.05, 0.1) is 13.1 Å². The van der Waals surface area contributed by atoms with Crippen LogP contribution in [-0.2, 0) is 13.1 Å². The van der Waals surface area contributed by atoms with Crippen molar-refractivity contribution in [2.45, 2.75) is 39.8 Å². The average molecular weight is 224 g/mol. The number of nitrogens with zero attached hydrogens (tertiary/aromatic N) is 1. The summed E-state index contributed by atoms with van der Waals surface area (Å²) in [6.45, 7) is 8.27. The van der Waals surface area contributed by atoms with E-state index in [0.29, 0.717) is 0 Å². The summed E-state index contributed by atoms with van der Waals surface area (Å²) in [6, 6.07) is 4.15. The Labute approximate surface area is 98.8 Å². The highest BCUT2D eigenvalue weighted by atomic mass is 16.3. The zero-order valence-electron chi connectivity index (χ0n) is 10.8. The second-order valence-electron chi connectivity index (χ2n) is 4.28. The first kappa shape index (κ1) is 13.3. The normalized spacial score (nSPS) is 11.2. The van der Waals surface area contributed by atoms with Gasteiger partial charge in [0, 0.05) is 0 Å². The molecule has 3 nitrogen and oxygen atoms in total. The van der Waals surface area contributed by atoms with Crippen LogP contribution in [0, 0.1) is 0 Å². The summed E-state index contributed by atoms with van der Waals surface area (Å²) < 4.78 is 5.74. The number of furan rings is 1. The molecule has 0 aliphatic rings. The van der Waals surface area contributed by atoms with Crippen molar-refractivity contribution in [3.8, 4) is 0 Å². The van der Waals surface area contributed by atoms with E-state index < -0.39 is 0 Å². The van der Waals surface area contributed by atoms with E-state index in [1.807, 2.05) is 0 Å². The summed E-state index contributed by atoms with van der Waals surface area (Å²) >= 11 is 0. The lowest BCUT2D eigenvalue weighted by Crippen LogP contribution is -2.18. The molecule has 0 bridgehead atoms. The molecule has 0 unspecified atom stereocenters. The smallest absolute Gasteiger partial charge is 0.118 e. The van der Waals surface area contributed by atoms with Gasteiger partial charge < -0.3 is 9.73 Å². The van der Waals surface area contributed by atoms with Crippen LogP contribution in [-0.4, -0.2) is 25.0 Å². The highest BCUT2D eigenvalue weighted by Gasteiger charge is 2.04. The molecule has 1 N–H and O–H groups in total. The topological polar surface area (TPSA) is 28.4 Å². The molecule has 0 fully saturated rings. The molecule has 0 saturated heterocycles. The molecule has 16 heavy (non-hydrogen) atoms. The Morgan fingerprint density at radius 2 is 1.94 bits per heavy atom. The predicted molar refractivity (Wildman–Crippen MR) is 67.3 cm³/mol. The molecule has 1 heterocycles. The van der Waals surface area contributed by atoms with Gasteiger partial charge in [0.15, 0.2) is 0 Å². The second kappa shape index (κ2) is 7.47. The first-order valence-electron chi connectivity index (χ1n) is 6.23. The number of hydrogen-bond acceptors (Lipinski definition) is 3. The molecule has 3 heteroatoms. The van der Waals surface area contributed by atoms with Crippen molar-refractivity contribution < 1.29 is 4.42 Å². The Hall–Kier alpha value is -0.800. The van der Waals surface area contributed by atoms with Crippen LogP contribution in [0.3, 0.4) is 0 Å². The molecule has 92 valence electrons. The molecule has 0 aromatic carbocycles. The van der Waals surface area contributed by atoms with Gasteiger partial charge in [-0.05, 0) is 45.1 Å². The lowest BCUT2D eigenvalue weighted by atomic mass is 10.3. The molecule has 0 saturated carbocycles. The Morgan fingerprint density at radius 1 is 1.19 bits per heavy atom. The summed E-state index contributed by atoms with van der Waals surface area (Å²) in [5, 5.41) is 3.34. The SMILES string of the molecule is CCCNCc1ccc(CN(C)CCC)o1. The van der Waals surface area contributed by atoms with E-state index in [2.05, 4.69) is 43.2 Å². The third-order valence-corrected chi connectivity index (χ3v) is 2.47. The molecule has 1 aromatic heterocycles. The van der Waals surface area contributed by atoms with E-state index in [4.69, 9.17) is 4.42 Å². The van der Waals surface area contributed by atoms with E-state index in [1.165, 1.54) is 6.42 Å². The van der Waals surface area contributed by atoms with Gasteiger partial charge in [-0.15, -0.1) is 0 Å². The zero-order chi connectivity index (χ0) is 11.8. The minimum Gasteiger partial charge on any atom is -0.463 e. The molecule has 0 amide bonds. The molecule has 0 aliphatic heterocycles. The van der Waals surface area contributed by atoms with Crippen molar-refractivity contribution >= 4 is 0 Å². The molecular formula is C13H24N2O. The summed E-state index contributed by atoms with van der Waals surface area (Å²) in [5.74, 6) is 2.09. The van der Waals surface area contributed by atoms with Gasteiger partial charge in [-0.25, -0.2) is 0 Å². The van der Waals surface area contributed by atoms with Crippen LogP contribution in [0.15, 0.2) is 16.5 Å². The van der Waals surface area contributed by atoms with E-state index in [1.54, 1.807) is 0 Å². The largest absolute Gasteiger partial charge is 0.463 e. The molecular weight excluding hydrogens is 200 g/mol. The standard InChI is InChI=1S/C13H24N2O/c1-4-8-14-10-12-6-7-13(16-12)11-15(3)9-5-2/h6-7,14H,4-5,8-11H2,1-3H3. The lowest BCUT2D eigenvalue weighted by Gasteiger charge is -2.13. The summed E-state index contributed by atoms with van der Waals surface area (Å²) in [7, 11) is 2.13. The fourth-order valence-corrected chi connectivity index (χ4v) is 1.72. The number of hydrogen-bond donors (Lipinski definition) is 1. The molecule has 1 rings (SSSR count). The van der Waals surface area contributed by atoms with Crippen LogP contribution >= 0.6 is 0 Å². The Bertz CT molecular complexity index is 283. The minimum atomic E-state index is 0.839. The van der Waals surface area contributed by atoms with Crippen LogP contribution < -0.4 is 5.32 Å². The summed E-state index contributed by atoms with van der Waals surface area (Å²) in [6.07, 6.45) is 2.34. The second-order valence-corrected chi connectivity index (χ2v) is 4.28. The third kappa shape index (κ3) is 4.81. The van der Waals surface area contributed by atoms with Gasteiger partial charge in [-0.1, -0.05) is 13.8 Å². The maximum absolute atomic E-state index is 5.74. The zero-order valence-corrected chi connectivity index (χ0v) is 10.8. The van der Waals surface area contributed by atoms with E-state index in [-0.39, 0.29) is 0 Å². The Balaban J connectivity index is 2.33. The van der Waals surface area contributed by atoms with Crippen molar-refractivity contribution in [2.24, 2.45) is 0 Å². The third-order valence-electron chi connectivity index (χ3n) is 2.47. The van der Waals surface area contributed by atoms with E-state index in [9.17, 15) is 0 Å². The van der Waals surface area contributed by atoms with Crippen LogP contribution in [0.2, 0.25) is 0 Å². The highest BCUT2D eigenvalue weighted by molar-refractivity contribution is 5.06. The minimum absolute atomic E-state index is 0.839. The molecule has 0 atom stereocenters. The van der Waals surface area contributed by atoms with Gasteiger partial charge in [0.2, 0.25) is 0 Å². The van der Waals surface area contributed by atoms with Crippen molar-refractivity contribution in [1.29, 1.82) is 0 Å². The first-order chi connectivity index (χ1) is 7.76. The average Bonchev–Trinajstić information content (AvgIpc) is 2.66. The Kier molecular flexibility index (Phi) is 6.19. The Morgan fingerprint density at radius 3 is 2.62 bits per heavy atom. The lowest BCUT2D eigenvalue weighted by molar-refractivity contribution is 0.290. The molecule has 0 spiro atoms. The quantitative estimate of drug-likeness (QED) is 0.688. The molecule has 0 radical (unpaired) electrons. The van der Waals surface area contributed by atoms with Crippen molar-refractivity contribution in [2.75, 3.05) is 20.1 Å². The van der Waals surface area contributed by atoms with Gasteiger partial charge in [-0.3, -0.25) is 4.90 Å². The van der Waals surface area contributed by atoms with Gasteiger partial charge in [-0.2, -0.15) is 0 Å². The monoisotopic (exact) mass is 224 g/mol. The van der Waals surface area contributed by atoms with Crippen LogP contribution in [0.1, 0.15) is 38.2 Å². The highest BCUT2D eigenvalue weighted by Crippen LogP contribution is 2.09. The molecule has 0 aliphatic carbocycles. The van der Waals surface area contributed by atoms with Gasteiger partial charge in [0.25, 0.3) is 0 Å². The summed E-state index contributed by atoms with van der Waals surface area (Å²) in [5.41, 5.74) is 0. The van der Waals surface area contributed by atoms with Crippen molar-refractivity contribution in [3.63, 3.8) is 0 Å². The fourth-order valence-electron chi connectivity index (χ4n) is 1.72. The van der Waals surface area contributed by atoms with E-state index in [0.717, 1.165) is 44.1 Å². The van der Waals surface area contributed by atoms with Gasteiger partial charge >= 0.3 is 0 Å². The maximum atomic E-state index is 5.74. The predicted octanol–water partition coefficient (Wildman–Crippen LogP) is 2.62. The van der Waals surface area contributed by atoms with E-state index >= 15 is 0 Å². The van der Waals surface area contributed by atoms with Crippen LogP contribution in [0.5, 0.6) is 0 Å². The molecule has 1 aromatic rings. The first-order valence-corrected chi connectivity index (χ1v) is 6.23. The summed E-state index contributed by atoms with van der Waals surface area (Å²) in [4.78, 5) is 2.28. The number of rotatable bonds is 8. The van der Waals surface area contributed by atoms with Crippen molar-refractivity contribution in [1.82, 2.24) is 10.2 Å². The number of nitrogens with one attached hydrogen (secondary N) is 1. The van der Waals surface area contributed by atoms with Gasteiger partial charge in [0.1, 0.15) is 11.5 Å². The van der Waals surface area contributed by atoms with Crippen molar-refractivity contribution in [3.05, 3.63) is 23.7 Å². The maximum Gasteiger partial charge on any atom is 0.118 e. The fraction of sp³-hybridized carbons (Fsp3) is 0.692.